The Hall–Kier alpha value is -1.52. The average molecular weight is 280 g/mol. The van der Waals surface area contributed by atoms with Crippen LogP contribution in [-0.2, 0) is 10.5 Å². The Labute approximate surface area is 118 Å². The van der Waals surface area contributed by atoms with Crippen LogP contribution in [-0.4, -0.2) is 23.7 Å². The highest BCUT2D eigenvalue weighted by molar-refractivity contribution is 6.17. The van der Waals surface area contributed by atoms with E-state index in [0.29, 0.717) is 18.7 Å². The van der Waals surface area contributed by atoms with Crippen molar-refractivity contribution < 1.29 is 4.79 Å². The summed E-state index contributed by atoms with van der Waals surface area (Å²) in [7, 11) is 1.80. The predicted octanol–water partition coefficient (Wildman–Crippen LogP) is 1.94. The Balaban J connectivity index is 2.25. The molecule has 19 heavy (non-hydrogen) atoms. The zero-order chi connectivity index (χ0) is 13.7. The highest BCUT2D eigenvalue weighted by Gasteiger charge is 2.38. The van der Waals surface area contributed by atoms with Crippen molar-refractivity contribution in [1.82, 2.24) is 15.8 Å². The van der Waals surface area contributed by atoms with Crippen LogP contribution in [0.2, 0.25) is 0 Å². The summed E-state index contributed by atoms with van der Waals surface area (Å²) in [5.74, 6) is 0.560. The van der Waals surface area contributed by atoms with Crippen molar-refractivity contribution in [2.24, 2.45) is 0 Å². The van der Waals surface area contributed by atoms with Crippen LogP contribution >= 0.6 is 11.6 Å². The number of nitrogens with zero attached hydrogens (tertiary/aromatic N) is 1. The maximum absolute atomic E-state index is 12.2. The van der Waals surface area contributed by atoms with Gasteiger partial charge in [0.15, 0.2) is 5.66 Å². The highest BCUT2D eigenvalue weighted by Crippen LogP contribution is 2.28. The van der Waals surface area contributed by atoms with Crippen LogP contribution < -0.4 is 10.9 Å². The second-order valence-corrected chi connectivity index (χ2v) is 4.86. The minimum absolute atomic E-state index is 0.0605. The molecule has 0 bridgehead atoms. The lowest BCUT2D eigenvalue weighted by atomic mass is 9.98. The molecule has 1 aliphatic heterocycles. The SMILES string of the molecule is CN(C(=O)CCCCl)C1(c2ccccc2)C=CNN1. The van der Waals surface area contributed by atoms with Gasteiger partial charge in [-0.1, -0.05) is 30.3 Å². The van der Waals surface area contributed by atoms with Crippen molar-refractivity contribution in [2.45, 2.75) is 18.5 Å². The summed E-state index contributed by atoms with van der Waals surface area (Å²) >= 11 is 5.65. The predicted molar refractivity (Wildman–Crippen MR) is 76.3 cm³/mol. The van der Waals surface area contributed by atoms with Gasteiger partial charge in [0.05, 0.1) is 0 Å². The van der Waals surface area contributed by atoms with Crippen molar-refractivity contribution in [3.8, 4) is 0 Å². The van der Waals surface area contributed by atoms with Gasteiger partial charge in [-0.15, -0.1) is 11.6 Å². The second-order valence-electron chi connectivity index (χ2n) is 4.48. The van der Waals surface area contributed by atoms with E-state index in [4.69, 9.17) is 11.6 Å². The van der Waals surface area contributed by atoms with E-state index >= 15 is 0 Å². The van der Waals surface area contributed by atoms with E-state index in [-0.39, 0.29) is 5.91 Å². The van der Waals surface area contributed by atoms with Crippen LogP contribution in [0.1, 0.15) is 18.4 Å². The number of hydrogen-bond acceptors (Lipinski definition) is 3. The number of rotatable bonds is 5. The molecule has 5 heteroatoms. The van der Waals surface area contributed by atoms with Gasteiger partial charge in [-0.25, -0.2) is 5.43 Å². The van der Waals surface area contributed by atoms with Crippen LogP contribution in [0.15, 0.2) is 42.6 Å². The molecule has 0 saturated heterocycles. The molecular formula is C14H18ClN3O. The molecule has 0 fully saturated rings. The lowest BCUT2D eigenvalue weighted by Gasteiger charge is -2.37. The van der Waals surface area contributed by atoms with Gasteiger partial charge in [0.2, 0.25) is 5.91 Å². The van der Waals surface area contributed by atoms with E-state index in [1.54, 1.807) is 18.1 Å². The number of alkyl halides is 1. The van der Waals surface area contributed by atoms with Gasteiger partial charge < -0.3 is 10.3 Å². The second kappa shape index (κ2) is 6.08. The molecule has 0 radical (unpaired) electrons. The summed E-state index contributed by atoms with van der Waals surface area (Å²) in [5, 5.41) is 0. The van der Waals surface area contributed by atoms with Gasteiger partial charge in [0.1, 0.15) is 0 Å². The van der Waals surface area contributed by atoms with Gasteiger partial charge in [-0.05, 0) is 18.1 Å². The normalized spacial score (nSPS) is 21.2. The molecule has 0 aliphatic carbocycles. The number of nitrogens with one attached hydrogen (secondary N) is 2. The van der Waals surface area contributed by atoms with E-state index in [0.717, 1.165) is 5.56 Å². The van der Waals surface area contributed by atoms with Gasteiger partial charge in [0, 0.05) is 25.5 Å². The summed E-state index contributed by atoms with van der Waals surface area (Å²) in [6.07, 6.45) is 4.89. The van der Waals surface area contributed by atoms with E-state index in [2.05, 4.69) is 10.9 Å². The zero-order valence-electron chi connectivity index (χ0n) is 10.9. The number of likely N-dealkylation sites (N-methyl/N-ethyl adjacent to an activating group) is 1. The Kier molecular flexibility index (Phi) is 4.45. The molecule has 0 aromatic heterocycles. The number of hydrazine groups is 1. The van der Waals surface area contributed by atoms with Crippen LogP contribution in [0.25, 0.3) is 0 Å². The first-order chi connectivity index (χ1) is 9.20. The van der Waals surface area contributed by atoms with Crippen molar-refractivity contribution in [3.05, 3.63) is 48.2 Å². The van der Waals surface area contributed by atoms with E-state index in [9.17, 15) is 4.79 Å². The average Bonchev–Trinajstić information content (AvgIpc) is 2.95. The van der Waals surface area contributed by atoms with Crippen LogP contribution in [0.4, 0.5) is 0 Å². The molecule has 0 spiro atoms. The molecule has 1 amide bonds. The van der Waals surface area contributed by atoms with Crippen molar-refractivity contribution in [1.29, 1.82) is 0 Å². The van der Waals surface area contributed by atoms with Gasteiger partial charge in [0.25, 0.3) is 0 Å². The minimum atomic E-state index is -0.634. The number of hydrogen-bond donors (Lipinski definition) is 2. The summed E-state index contributed by atoms with van der Waals surface area (Å²) in [6, 6.07) is 9.87. The minimum Gasteiger partial charge on any atom is -0.326 e. The fourth-order valence-corrected chi connectivity index (χ4v) is 2.32. The standard InChI is InChI=1S/C14H18ClN3O/c1-18(13(19)8-5-10-15)14(9-11-16-17-14)12-6-3-2-4-7-12/h2-4,6-7,9,11,16-17H,5,8,10H2,1H3. The third kappa shape index (κ3) is 2.74. The van der Waals surface area contributed by atoms with Gasteiger partial charge in [-0.3, -0.25) is 4.79 Å². The smallest absolute Gasteiger partial charge is 0.224 e. The van der Waals surface area contributed by atoms with Gasteiger partial charge >= 0.3 is 0 Å². The molecule has 102 valence electrons. The lowest BCUT2D eigenvalue weighted by molar-refractivity contribution is -0.135. The zero-order valence-corrected chi connectivity index (χ0v) is 11.7. The van der Waals surface area contributed by atoms with Crippen LogP contribution in [0, 0.1) is 0 Å². The topological polar surface area (TPSA) is 44.4 Å². The molecule has 0 saturated carbocycles. The maximum atomic E-state index is 12.2. The molecule has 2 N–H and O–H groups in total. The fourth-order valence-electron chi connectivity index (χ4n) is 2.19. The molecule has 1 aliphatic rings. The molecule has 1 unspecified atom stereocenters. The monoisotopic (exact) mass is 279 g/mol. The first-order valence-corrected chi connectivity index (χ1v) is 6.83. The number of halogens is 1. The van der Waals surface area contributed by atoms with Crippen molar-refractivity contribution in [3.63, 3.8) is 0 Å². The Morgan fingerprint density at radius 2 is 2.11 bits per heavy atom. The first kappa shape index (κ1) is 13.9. The first-order valence-electron chi connectivity index (χ1n) is 6.29. The molecule has 2 rings (SSSR count). The highest BCUT2D eigenvalue weighted by atomic mass is 35.5. The third-order valence-corrected chi connectivity index (χ3v) is 3.58. The quantitative estimate of drug-likeness (QED) is 0.810. The number of carbonyl (C=O) groups is 1. The third-order valence-electron chi connectivity index (χ3n) is 3.31. The van der Waals surface area contributed by atoms with Crippen LogP contribution in [0.5, 0.6) is 0 Å². The Morgan fingerprint density at radius 1 is 1.37 bits per heavy atom. The molecule has 4 nitrogen and oxygen atoms in total. The lowest BCUT2D eigenvalue weighted by Crippen LogP contribution is -2.55. The Bertz CT molecular complexity index is 463. The largest absolute Gasteiger partial charge is 0.326 e. The van der Waals surface area contributed by atoms with Gasteiger partial charge in [-0.2, -0.15) is 0 Å². The van der Waals surface area contributed by atoms with E-state index in [1.165, 1.54) is 0 Å². The maximum Gasteiger partial charge on any atom is 0.224 e. The van der Waals surface area contributed by atoms with Crippen molar-refractivity contribution in [2.75, 3.05) is 12.9 Å². The molecular weight excluding hydrogens is 262 g/mol. The summed E-state index contributed by atoms with van der Waals surface area (Å²) < 4.78 is 0. The molecule has 1 aromatic rings. The molecule has 1 aromatic carbocycles. The molecule has 1 atom stereocenters. The summed E-state index contributed by atoms with van der Waals surface area (Å²) in [5.41, 5.74) is 6.49. The molecule has 1 heterocycles. The number of amides is 1. The van der Waals surface area contributed by atoms with Crippen LogP contribution in [0.3, 0.4) is 0 Å². The van der Waals surface area contributed by atoms with E-state index < -0.39 is 5.66 Å². The number of benzene rings is 1. The summed E-state index contributed by atoms with van der Waals surface area (Å²) in [4.78, 5) is 13.9. The van der Waals surface area contributed by atoms with Crippen molar-refractivity contribution >= 4 is 17.5 Å². The Morgan fingerprint density at radius 3 is 2.68 bits per heavy atom. The van der Waals surface area contributed by atoms with E-state index in [1.807, 2.05) is 36.4 Å². The summed E-state index contributed by atoms with van der Waals surface area (Å²) in [6.45, 7) is 0. The number of carbonyl (C=O) groups excluding carboxylic acids is 1. The fraction of sp³-hybridized carbons (Fsp3) is 0.357.